The molecule has 0 spiro atoms. The second-order valence-electron chi connectivity index (χ2n) is 3.12. The molecular weight excluding hydrogens is 368 g/mol. The van der Waals surface area contributed by atoms with Crippen molar-refractivity contribution in [2.75, 3.05) is 0 Å². The number of rotatable bonds is 2. The van der Waals surface area contributed by atoms with Gasteiger partial charge in [-0.2, -0.15) is 30.3 Å². The van der Waals surface area contributed by atoms with Crippen LogP contribution in [0.25, 0.3) is 0 Å². The van der Waals surface area contributed by atoms with Gasteiger partial charge in [-0.1, -0.05) is 6.20 Å². The predicted octanol–water partition coefficient (Wildman–Crippen LogP) is 2.34. The minimum absolute atomic E-state index is 0. The summed E-state index contributed by atoms with van der Waals surface area (Å²) in [4.78, 5) is 4.46. The van der Waals surface area contributed by atoms with Crippen molar-refractivity contribution in [2.45, 2.75) is 13.5 Å². The van der Waals surface area contributed by atoms with Gasteiger partial charge in [0.25, 0.3) is 0 Å². The quantitative estimate of drug-likeness (QED) is 0.712. The van der Waals surface area contributed by atoms with Crippen molar-refractivity contribution < 1.29 is 21.1 Å². The van der Waals surface area contributed by atoms with Crippen LogP contribution in [0.5, 0.6) is 0 Å². The molecule has 0 fully saturated rings. The first-order valence-electron chi connectivity index (χ1n) is 4.99. The third-order valence-corrected chi connectivity index (χ3v) is 2.11. The molecule has 0 bridgehead atoms. The van der Waals surface area contributed by atoms with E-state index in [0.717, 1.165) is 17.7 Å². The van der Waals surface area contributed by atoms with Crippen LogP contribution in [0.15, 0.2) is 47.6 Å². The molecule has 0 amide bonds. The Morgan fingerprint density at radius 1 is 1.19 bits per heavy atom. The van der Waals surface area contributed by atoms with Gasteiger partial charge in [0, 0.05) is 12.0 Å². The molecule has 1 heterocycles. The second kappa shape index (κ2) is 6.44. The van der Waals surface area contributed by atoms with E-state index in [-0.39, 0.29) is 21.1 Å². The van der Waals surface area contributed by atoms with E-state index in [9.17, 15) is 0 Å². The molecule has 0 aliphatic carbocycles. The molecule has 0 unspecified atom stereocenters. The van der Waals surface area contributed by atoms with Gasteiger partial charge < -0.3 is 4.57 Å². The molecule has 0 atom stereocenters. The van der Waals surface area contributed by atoms with Crippen LogP contribution >= 0.6 is 0 Å². The number of hydrogen-bond donors (Lipinski definition) is 0. The fourth-order valence-corrected chi connectivity index (χ4v) is 1.34. The topological polar surface area (TPSA) is 17.3 Å². The van der Waals surface area contributed by atoms with Crippen molar-refractivity contribution in [1.29, 1.82) is 0 Å². The largest absolute Gasteiger partial charge is 2.00 e. The van der Waals surface area contributed by atoms with Crippen LogP contribution < -0.4 is 5.49 Å². The predicted molar refractivity (Wildman–Crippen MR) is 59.4 cm³/mol. The number of benzene rings is 1. The molecule has 2 nitrogen and oxygen atoms in total. The molecule has 1 aromatic heterocycles. The van der Waals surface area contributed by atoms with Gasteiger partial charge in [0.05, 0.1) is 0 Å². The molecule has 0 radical (unpaired) electrons. The van der Waals surface area contributed by atoms with Crippen LogP contribution in [0.3, 0.4) is 0 Å². The Balaban J connectivity index is 0.00000128. The monoisotopic (exact) mass is 380 g/mol. The molecule has 80 valence electrons. The van der Waals surface area contributed by atoms with Gasteiger partial charge in [-0.3, -0.25) is 4.99 Å². The van der Waals surface area contributed by atoms with Gasteiger partial charge in [0.15, 0.2) is 0 Å². The number of nitrogens with zero attached hydrogens (tertiary/aromatic N) is 2. The van der Waals surface area contributed by atoms with Gasteiger partial charge in [0.1, 0.15) is 0 Å². The Morgan fingerprint density at radius 2 is 2.00 bits per heavy atom. The van der Waals surface area contributed by atoms with E-state index in [1.54, 1.807) is 0 Å². The minimum Gasteiger partial charge on any atom is -0.366 e. The summed E-state index contributed by atoms with van der Waals surface area (Å²) < 4.78 is 2.04. The summed E-state index contributed by atoms with van der Waals surface area (Å²) in [6, 6.07) is 17.7. The van der Waals surface area contributed by atoms with Gasteiger partial charge in [0.2, 0.25) is 0 Å². The van der Waals surface area contributed by atoms with Crippen molar-refractivity contribution in [3.05, 3.63) is 60.2 Å². The van der Waals surface area contributed by atoms with Crippen molar-refractivity contribution in [2.24, 2.45) is 4.99 Å². The fraction of sp³-hybridized carbons (Fsp3) is 0.154. The van der Waals surface area contributed by atoms with Crippen molar-refractivity contribution >= 4 is 5.69 Å². The maximum atomic E-state index is 4.46. The van der Waals surface area contributed by atoms with Crippen LogP contribution in [0.2, 0.25) is 0 Å². The van der Waals surface area contributed by atoms with Crippen molar-refractivity contribution in [3.8, 4) is 0 Å². The van der Waals surface area contributed by atoms with E-state index in [2.05, 4.69) is 24.0 Å². The third kappa shape index (κ3) is 3.18. The average Bonchev–Trinajstić information content (AvgIpc) is 2.31. The molecule has 3 heteroatoms. The van der Waals surface area contributed by atoms with E-state index in [4.69, 9.17) is 0 Å². The van der Waals surface area contributed by atoms with E-state index >= 15 is 0 Å². The first-order chi connectivity index (χ1) is 7.40. The molecule has 16 heavy (non-hydrogen) atoms. The standard InChI is InChI=1S/C13H12N2.W/c1-2-15-11-7-6-10-13(15)14-12-8-4-3-5-9-12;/h3-8,11H,2H2,1H3;/q-2;+2. The van der Waals surface area contributed by atoms with Crippen LogP contribution in [-0.2, 0) is 27.6 Å². The number of pyridine rings is 1. The Hall–Kier alpha value is -1.14. The Morgan fingerprint density at radius 3 is 2.69 bits per heavy atom. The van der Waals surface area contributed by atoms with Gasteiger partial charge >= 0.3 is 21.1 Å². The van der Waals surface area contributed by atoms with Crippen LogP contribution in [0.1, 0.15) is 6.92 Å². The molecule has 2 rings (SSSR count). The zero-order chi connectivity index (χ0) is 10.5. The van der Waals surface area contributed by atoms with Gasteiger partial charge in [-0.15, -0.1) is 6.07 Å². The number of aryl methyl sites for hydroxylation is 1. The molecule has 0 aliphatic rings. The molecule has 1 aromatic carbocycles. The van der Waals surface area contributed by atoms with Crippen LogP contribution in [0.4, 0.5) is 5.69 Å². The van der Waals surface area contributed by atoms with Gasteiger partial charge in [-0.25, -0.2) is 12.1 Å². The Labute approximate surface area is 110 Å². The number of hydrogen-bond acceptors (Lipinski definition) is 1. The summed E-state index contributed by atoms with van der Waals surface area (Å²) in [5, 5.41) is 0. The van der Waals surface area contributed by atoms with E-state index in [1.165, 1.54) is 0 Å². The Bertz CT molecular complexity index is 489. The molecule has 0 saturated carbocycles. The summed E-state index contributed by atoms with van der Waals surface area (Å²) in [6.07, 6.45) is 2.00. The molecular formula is C13H12N2W. The summed E-state index contributed by atoms with van der Waals surface area (Å²) >= 11 is 0. The Kier molecular flexibility index (Phi) is 5.20. The second-order valence-corrected chi connectivity index (χ2v) is 3.12. The van der Waals surface area contributed by atoms with Crippen LogP contribution in [0, 0.1) is 12.1 Å². The smallest absolute Gasteiger partial charge is 0.366 e. The van der Waals surface area contributed by atoms with E-state index < -0.39 is 0 Å². The number of aromatic nitrogens is 1. The van der Waals surface area contributed by atoms with Crippen molar-refractivity contribution in [1.82, 2.24) is 4.57 Å². The van der Waals surface area contributed by atoms with E-state index in [0.29, 0.717) is 0 Å². The maximum absolute atomic E-state index is 4.46. The summed E-state index contributed by atoms with van der Waals surface area (Å²) in [7, 11) is 0. The van der Waals surface area contributed by atoms with Crippen molar-refractivity contribution in [3.63, 3.8) is 0 Å². The summed E-state index contributed by atoms with van der Waals surface area (Å²) in [5.41, 5.74) is 1.67. The molecule has 0 aliphatic heterocycles. The summed E-state index contributed by atoms with van der Waals surface area (Å²) in [6.45, 7) is 2.98. The maximum Gasteiger partial charge on any atom is 2.00 e. The third-order valence-electron chi connectivity index (χ3n) is 2.11. The molecule has 0 N–H and O–H groups in total. The normalized spacial score (nSPS) is 10.9. The zero-order valence-electron chi connectivity index (χ0n) is 9.05. The molecule has 0 saturated heterocycles. The summed E-state index contributed by atoms with van der Waals surface area (Å²) in [5.74, 6) is 0. The fourth-order valence-electron chi connectivity index (χ4n) is 1.34. The zero-order valence-corrected chi connectivity index (χ0v) is 12.0. The molecule has 2 aromatic rings. The van der Waals surface area contributed by atoms with Gasteiger partial charge in [-0.05, 0) is 12.6 Å². The SMILES string of the molecule is CCn1ccc[c-]c1=Nc1[c-]cccc1.[W+2]. The van der Waals surface area contributed by atoms with E-state index in [1.807, 2.05) is 47.2 Å². The van der Waals surface area contributed by atoms with Crippen LogP contribution in [-0.4, -0.2) is 4.57 Å². The minimum atomic E-state index is 0. The average molecular weight is 380 g/mol. The first-order valence-corrected chi connectivity index (χ1v) is 4.99. The first kappa shape index (κ1) is 12.9. The number of para-hydroxylation sites is 1.